The first-order chi connectivity index (χ1) is 35.3. The lowest BCUT2D eigenvalue weighted by Crippen LogP contribution is -2.14. The fraction of sp³-hybridized carbons (Fsp3) is 0.226. The van der Waals surface area contributed by atoms with Crippen molar-refractivity contribution in [1.82, 2.24) is 14.5 Å². The van der Waals surface area contributed by atoms with Crippen molar-refractivity contribution in [2.45, 2.75) is 91.7 Å². The fourth-order valence-corrected chi connectivity index (χ4v) is 8.97. The first-order valence-corrected chi connectivity index (χ1v) is 22.7. The Morgan fingerprint density at radius 2 is 1.20 bits per heavy atom. The van der Waals surface area contributed by atoms with Crippen LogP contribution in [-0.4, -0.2) is 19.6 Å². The second kappa shape index (κ2) is 17.4. The number of para-hydroxylation sites is 1. The van der Waals surface area contributed by atoms with Crippen molar-refractivity contribution in [3.05, 3.63) is 192 Å². The Morgan fingerprint density at radius 1 is 0.530 bits per heavy atom. The highest BCUT2D eigenvalue weighted by molar-refractivity contribution is 5.98. The van der Waals surface area contributed by atoms with E-state index in [-0.39, 0.29) is 28.6 Å². The molecule has 7 aromatic carbocycles. The van der Waals surface area contributed by atoms with E-state index < -0.39 is 26.0 Å². The number of phenolic OH excluding ortho intramolecular Hbond substituents is 1. The van der Waals surface area contributed by atoms with Gasteiger partial charge in [0.15, 0.2) is 0 Å². The van der Waals surface area contributed by atoms with E-state index in [2.05, 4.69) is 150 Å². The predicted molar refractivity (Wildman–Crippen MR) is 279 cm³/mol. The minimum Gasteiger partial charge on any atom is -0.507 e. The van der Waals surface area contributed by atoms with Crippen LogP contribution in [0, 0.1) is 0 Å². The molecule has 2 heterocycles. The molecular weight excluding hydrogens is 803 g/mol. The van der Waals surface area contributed by atoms with Crippen LogP contribution in [0.1, 0.15) is 115 Å². The van der Waals surface area contributed by atoms with Gasteiger partial charge in [-0.05, 0) is 138 Å². The van der Waals surface area contributed by atoms with Crippen LogP contribution in [-0.2, 0) is 10.8 Å². The molecule has 330 valence electrons. The third kappa shape index (κ3) is 8.61. The van der Waals surface area contributed by atoms with E-state index in [4.69, 9.17) is 22.3 Å². The van der Waals surface area contributed by atoms with Crippen LogP contribution in [0.4, 0.5) is 0 Å². The summed E-state index contributed by atoms with van der Waals surface area (Å²) >= 11 is 0. The van der Waals surface area contributed by atoms with Gasteiger partial charge in [0.1, 0.15) is 11.6 Å². The molecule has 0 radical (unpaired) electrons. The molecule has 0 saturated carbocycles. The summed E-state index contributed by atoms with van der Waals surface area (Å²) in [5.74, 6) is 1.04. The van der Waals surface area contributed by atoms with Crippen molar-refractivity contribution < 1.29 is 17.4 Å². The second-order valence-electron chi connectivity index (χ2n) is 19.0. The number of rotatable bonds is 9. The monoisotopic (exact) mass is 873 g/mol. The Bertz CT molecular complexity index is 3510. The van der Waals surface area contributed by atoms with Crippen LogP contribution in [0.3, 0.4) is 0 Å². The predicted octanol–water partition coefficient (Wildman–Crippen LogP) is 17.0. The van der Waals surface area contributed by atoms with Crippen molar-refractivity contribution in [3.8, 4) is 78.6 Å². The normalized spacial score (nSPS) is 14.7. The summed E-state index contributed by atoms with van der Waals surface area (Å²) in [6.45, 7) is 5.08. The van der Waals surface area contributed by atoms with Gasteiger partial charge in [0.25, 0.3) is 0 Å². The third-order valence-electron chi connectivity index (χ3n) is 12.6. The maximum atomic E-state index is 12.3. The van der Waals surface area contributed by atoms with Gasteiger partial charge in [-0.3, -0.25) is 9.55 Å². The first kappa shape index (κ1) is 34.3. The highest BCUT2D eigenvalue weighted by Crippen LogP contribution is 2.44. The van der Waals surface area contributed by atoms with Crippen molar-refractivity contribution in [2.75, 3.05) is 0 Å². The number of aromatic nitrogens is 3. The number of fused-ring (bicyclic) bond motifs is 1. The molecular formula is C62H61N3O. The molecule has 0 unspecified atom stereocenters. The van der Waals surface area contributed by atoms with Crippen LogP contribution in [0.5, 0.6) is 5.75 Å². The van der Waals surface area contributed by atoms with Crippen LogP contribution in [0.2, 0.25) is 0 Å². The third-order valence-corrected chi connectivity index (χ3v) is 12.6. The van der Waals surface area contributed by atoms with Crippen molar-refractivity contribution in [3.63, 3.8) is 0 Å². The van der Waals surface area contributed by atoms with Gasteiger partial charge in [-0.15, -0.1) is 0 Å². The molecule has 0 spiro atoms. The first-order valence-electron chi connectivity index (χ1n) is 27.2. The van der Waals surface area contributed by atoms with Gasteiger partial charge in [-0.2, -0.15) is 0 Å². The largest absolute Gasteiger partial charge is 0.507 e. The van der Waals surface area contributed by atoms with Crippen molar-refractivity contribution in [2.24, 2.45) is 0 Å². The molecule has 66 heavy (non-hydrogen) atoms. The lowest BCUT2D eigenvalue weighted by Gasteiger charge is -2.25. The summed E-state index contributed by atoms with van der Waals surface area (Å²) in [5.41, 5.74) is 11.2. The Hall–Kier alpha value is -7.04. The zero-order valence-corrected chi connectivity index (χ0v) is 38.6. The molecule has 2 aromatic heterocycles. The molecule has 4 heteroatoms. The Balaban J connectivity index is 1.26. The molecule has 0 bridgehead atoms. The van der Waals surface area contributed by atoms with E-state index in [0.29, 0.717) is 28.2 Å². The number of benzene rings is 7. The second-order valence-corrected chi connectivity index (χ2v) is 19.0. The van der Waals surface area contributed by atoms with E-state index in [1.54, 1.807) is 24.4 Å². The summed E-state index contributed by atoms with van der Waals surface area (Å²) in [7, 11) is 0. The summed E-state index contributed by atoms with van der Waals surface area (Å²) < 4.78 is 76.2. The maximum Gasteiger partial charge on any atom is 0.149 e. The number of nitrogens with zero attached hydrogens (tertiary/aromatic N) is 3. The Labute approximate surface area is 404 Å². The van der Waals surface area contributed by atoms with Gasteiger partial charge < -0.3 is 5.11 Å². The molecule has 0 fully saturated rings. The van der Waals surface area contributed by atoms with Crippen molar-refractivity contribution >= 4 is 11.0 Å². The van der Waals surface area contributed by atoms with Gasteiger partial charge in [0, 0.05) is 35.3 Å². The number of hydrogen-bond acceptors (Lipinski definition) is 3. The zero-order valence-electron chi connectivity index (χ0n) is 47.6. The molecule has 4 nitrogen and oxygen atoms in total. The number of pyridine rings is 1. The Kier molecular flexibility index (Phi) is 9.05. The quantitative estimate of drug-likeness (QED) is 0.157. The summed E-state index contributed by atoms with van der Waals surface area (Å²) in [6.07, 6.45) is 1.68. The van der Waals surface area contributed by atoms with Gasteiger partial charge in [0.05, 0.1) is 22.3 Å². The molecule has 0 atom stereocenters. The van der Waals surface area contributed by atoms with Gasteiger partial charge in [-0.25, -0.2) is 4.98 Å². The van der Waals surface area contributed by atoms with Crippen LogP contribution >= 0.6 is 0 Å². The van der Waals surface area contributed by atoms with E-state index in [0.717, 1.165) is 66.8 Å². The number of imidazole rings is 1. The molecule has 9 rings (SSSR count). The molecule has 0 aliphatic rings. The average molecular weight is 873 g/mol. The zero-order chi connectivity index (χ0) is 54.0. The summed E-state index contributed by atoms with van der Waals surface area (Å²) in [4.78, 5) is 10.4. The van der Waals surface area contributed by atoms with Gasteiger partial charge in [-0.1, -0.05) is 178 Å². The lowest BCUT2D eigenvalue weighted by molar-refractivity contribution is 0.466. The number of phenols is 1. The SMILES string of the molecule is [2H]C([2H])([2H])C(c1ccc(-c2ccnc(-c3cc(-c4ccccc4)cc(-c4cccc5c4nc(-c4cc(C(C)C)cc(C(C)C)c4O)n5-c4ccc(-c5ccccc5)c(C(C)(C)C)c4)c3)c2)cc1)(C([2H])([2H])[2H])C([2H])([2H])[2H]. The minimum atomic E-state index is -3.37. The van der Waals surface area contributed by atoms with E-state index in [1.807, 2.05) is 36.4 Å². The summed E-state index contributed by atoms with van der Waals surface area (Å²) in [5, 5.41) is 12.3. The molecule has 0 aliphatic carbocycles. The molecule has 0 amide bonds. The van der Waals surface area contributed by atoms with Crippen LogP contribution in [0.25, 0.3) is 83.9 Å². The van der Waals surface area contributed by atoms with Gasteiger partial charge >= 0.3 is 0 Å². The topological polar surface area (TPSA) is 50.9 Å². The molecule has 0 aliphatic heterocycles. The van der Waals surface area contributed by atoms with E-state index >= 15 is 0 Å². The van der Waals surface area contributed by atoms with Gasteiger partial charge in [0.2, 0.25) is 0 Å². The molecule has 1 N–H and O–H groups in total. The highest BCUT2D eigenvalue weighted by Gasteiger charge is 2.26. The van der Waals surface area contributed by atoms with Crippen LogP contribution in [0.15, 0.2) is 170 Å². The summed E-state index contributed by atoms with van der Waals surface area (Å²) in [6, 6.07) is 53.3. The molecule has 0 saturated heterocycles. The Morgan fingerprint density at radius 3 is 1.86 bits per heavy atom. The average Bonchev–Trinajstić information content (AvgIpc) is 3.75. The highest BCUT2D eigenvalue weighted by atomic mass is 16.3. The van der Waals surface area contributed by atoms with Crippen LogP contribution < -0.4 is 0 Å². The fourth-order valence-electron chi connectivity index (χ4n) is 8.97. The number of hydrogen-bond donors (Lipinski definition) is 1. The minimum absolute atomic E-state index is 0.0443. The standard InChI is InChI=1S/C62H61N3O/c1-39(2)45-35-53(40(3)4)59(66)54(36-45)60-64-58-52(22-17-23-57(58)65(60)50-28-29-51(43-20-15-12-16-21-43)55(38-50)62(8,9)10)47-32-46(41-18-13-11-14-19-41)33-48(34-47)56-37-44(30-31-63-56)42-24-26-49(27-25-42)61(5,6)7/h11-40,66H,1-10H3/i5D3,6D3,7D3. The van der Waals surface area contributed by atoms with E-state index in [9.17, 15) is 5.11 Å². The lowest BCUT2D eigenvalue weighted by atomic mass is 9.81. The smallest absolute Gasteiger partial charge is 0.149 e. The van der Waals surface area contributed by atoms with Crippen molar-refractivity contribution in [1.29, 1.82) is 0 Å². The van der Waals surface area contributed by atoms with E-state index in [1.165, 1.54) is 17.7 Å². The maximum absolute atomic E-state index is 12.3. The number of aromatic hydroxyl groups is 1. The molecule has 9 aromatic rings.